The van der Waals surface area contributed by atoms with Gasteiger partial charge in [-0.15, -0.1) is 0 Å². The van der Waals surface area contributed by atoms with Crippen molar-refractivity contribution in [2.45, 2.75) is 13.0 Å². The maximum atomic E-state index is 5.84. The van der Waals surface area contributed by atoms with Crippen LogP contribution in [0.3, 0.4) is 0 Å². The van der Waals surface area contributed by atoms with E-state index in [9.17, 15) is 0 Å². The molecule has 0 saturated carbocycles. The minimum Gasteiger partial charge on any atom is -0.393 e. The van der Waals surface area contributed by atoms with Gasteiger partial charge < -0.3 is 15.4 Å². The van der Waals surface area contributed by atoms with Gasteiger partial charge >= 0.3 is 0 Å². The Balaban J connectivity index is 2.24. The summed E-state index contributed by atoms with van der Waals surface area (Å²) in [5, 5.41) is 0.305. The van der Waals surface area contributed by atoms with E-state index in [1.165, 1.54) is 6.33 Å². The molecule has 1 fully saturated rings. The molecule has 0 radical (unpaired) electrons. The summed E-state index contributed by atoms with van der Waals surface area (Å²) in [5.41, 5.74) is 6.26. The molecular formula is C9H13ClN4O. The van der Waals surface area contributed by atoms with Gasteiger partial charge in [0, 0.05) is 13.1 Å². The van der Waals surface area contributed by atoms with Crippen LogP contribution in [0.25, 0.3) is 0 Å². The first-order valence-corrected chi connectivity index (χ1v) is 5.19. The monoisotopic (exact) mass is 228 g/mol. The standard InChI is InChI=1S/C9H13ClN4O/c1-6-4-14(2-3-15-6)9-7(11)8(10)12-5-13-9/h5-6H,2-4,11H2,1H3/t6-/m1/s1. The number of hydrogen-bond donors (Lipinski definition) is 1. The number of nitrogens with zero attached hydrogens (tertiary/aromatic N) is 3. The highest BCUT2D eigenvalue weighted by Crippen LogP contribution is 2.26. The molecule has 0 spiro atoms. The van der Waals surface area contributed by atoms with Crippen LogP contribution in [0.4, 0.5) is 11.5 Å². The SMILES string of the molecule is C[C@@H]1CN(c2ncnc(Cl)c2N)CCO1. The number of anilines is 2. The third kappa shape index (κ3) is 2.13. The quantitative estimate of drug-likeness (QED) is 0.725. The van der Waals surface area contributed by atoms with Crippen LogP contribution in [0.15, 0.2) is 6.33 Å². The molecule has 6 heteroatoms. The van der Waals surface area contributed by atoms with E-state index in [1.807, 2.05) is 6.92 Å². The number of aromatic nitrogens is 2. The smallest absolute Gasteiger partial charge is 0.157 e. The number of halogens is 1. The minimum atomic E-state index is 0.187. The molecule has 1 aliphatic rings. The summed E-state index contributed by atoms with van der Waals surface area (Å²) in [6.07, 6.45) is 1.61. The lowest BCUT2D eigenvalue weighted by atomic mass is 10.3. The van der Waals surface area contributed by atoms with Crippen molar-refractivity contribution < 1.29 is 4.74 Å². The lowest BCUT2D eigenvalue weighted by Crippen LogP contribution is -2.41. The third-order valence-electron chi connectivity index (χ3n) is 2.35. The number of ether oxygens (including phenoxy) is 1. The van der Waals surface area contributed by atoms with E-state index in [0.717, 1.165) is 13.1 Å². The first kappa shape index (κ1) is 10.4. The molecule has 0 unspecified atom stereocenters. The molecule has 1 aliphatic heterocycles. The molecule has 1 atom stereocenters. The van der Waals surface area contributed by atoms with Crippen LogP contribution in [0, 0.1) is 0 Å². The predicted octanol–water partition coefficient (Wildman–Crippen LogP) is 0.937. The molecule has 82 valence electrons. The van der Waals surface area contributed by atoms with Crippen molar-refractivity contribution in [3.63, 3.8) is 0 Å². The van der Waals surface area contributed by atoms with Gasteiger partial charge in [0.15, 0.2) is 11.0 Å². The van der Waals surface area contributed by atoms with Crippen molar-refractivity contribution in [1.29, 1.82) is 0 Å². The predicted molar refractivity (Wildman–Crippen MR) is 59.1 cm³/mol. The van der Waals surface area contributed by atoms with Crippen LogP contribution < -0.4 is 10.6 Å². The van der Waals surface area contributed by atoms with Gasteiger partial charge in [-0.2, -0.15) is 0 Å². The van der Waals surface area contributed by atoms with Gasteiger partial charge in [-0.3, -0.25) is 0 Å². The molecular weight excluding hydrogens is 216 g/mol. The van der Waals surface area contributed by atoms with Crippen LogP contribution in [0.1, 0.15) is 6.92 Å². The Labute approximate surface area is 93.2 Å². The van der Waals surface area contributed by atoms with Crippen LogP contribution in [-0.4, -0.2) is 35.8 Å². The first-order valence-electron chi connectivity index (χ1n) is 4.81. The normalized spacial score (nSPS) is 21.7. The van der Waals surface area contributed by atoms with Crippen LogP contribution in [0.5, 0.6) is 0 Å². The molecule has 2 rings (SSSR count). The minimum absolute atomic E-state index is 0.187. The molecule has 0 aromatic carbocycles. The fourth-order valence-electron chi connectivity index (χ4n) is 1.63. The lowest BCUT2D eigenvalue weighted by Gasteiger charge is -2.32. The van der Waals surface area contributed by atoms with Crippen molar-refractivity contribution in [2.24, 2.45) is 0 Å². The summed E-state index contributed by atoms with van der Waals surface area (Å²) in [6.45, 7) is 4.26. The van der Waals surface area contributed by atoms with Gasteiger partial charge in [0.05, 0.1) is 12.7 Å². The Morgan fingerprint density at radius 2 is 2.40 bits per heavy atom. The summed E-state index contributed by atoms with van der Waals surface area (Å²) in [4.78, 5) is 10.0. The molecule has 1 aromatic heterocycles. The zero-order valence-corrected chi connectivity index (χ0v) is 9.24. The molecule has 5 nitrogen and oxygen atoms in total. The van der Waals surface area contributed by atoms with E-state index >= 15 is 0 Å². The number of hydrogen-bond acceptors (Lipinski definition) is 5. The highest BCUT2D eigenvalue weighted by atomic mass is 35.5. The third-order valence-corrected chi connectivity index (χ3v) is 2.66. The average Bonchev–Trinajstić information content (AvgIpc) is 2.22. The molecule has 2 N–H and O–H groups in total. The van der Waals surface area contributed by atoms with Crippen LogP contribution in [0.2, 0.25) is 5.15 Å². The molecule has 15 heavy (non-hydrogen) atoms. The molecule has 0 aliphatic carbocycles. The zero-order valence-electron chi connectivity index (χ0n) is 8.48. The summed E-state index contributed by atoms with van der Waals surface area (Å²) in [5.74, 6) is 0.699. The largest absolute Gasteiger partial charge is 0.393 e. The zero-order chi connectivity index (χ0) is 10.8. The Morgan fingerprint density at radius 3 is 3.13 bits per heavy atom. The average molecular weight is 229 g/mol. The van der Waals surface area contributed by atoms with Crippen LogP contribution in [-0.2, 0) is 4.74 Å². The second-order valence-corrected chi connectivity index (χ2v) is 3.89. The Hall–Kier alpha value is -1.07. The fraction of sp³-hybridized carbons (Fsp3) is 0.556. The van der Waals surface area contributed by atoms with Crippen LogP contribution >= 0.6 is 11.6 Å². The summed E-state index contributed by atoms with van der Waals surface area (Å²) in [6, 6.07) is 0. The maximum absolute atomic E-state index is 5.84. The van der Waals surface area contributed by atoms with Crippen molar-refractivity contribution in [3.8, 4) is 0 Å². The van der Waals surface area contributed by atoms with Gasteiger partial charge in [0.1, 0.15) is 12.0 Å². The molecule has 0 bridgehead atoms. The fourth-order valence-corrected chi connectivity index (χ4v) is 1.76. The Kier molecular flexibility index (Phi) is 2.93. The maximum Gasteiger partial charge on any atom is 0.157 e. The Bertz CT molecular complexity index is 360. The van der Waals surface area contributed by atoms with Gasteiger partial charge in [-0.1, -0.05) is 11.6 Å². The summed E-state index contributed by atoms with van der Waals surface area (Å²) >= 11 is 5.84. The number of morpholine rings is 1. The van der Waals surface area contributed by atoms with Crippen molar-refractivity contribution in [3.05, 3.63) is 11.5 Å². The molecule has 1 saturated heterocycles. The van der Waals surface area contributed by atoms with Gasteiger partial charge in [0.25, 0.3) is 0 Å². The second-order valence-electron chi connectivity index (χ2n) is 3.53. The lowest BCUT2D eigenvalue weighted by molar-refractivity contribution is 0.0530. The van der Waals surface area contributed by atoms with Gasteiger partial charge in [-0.05, 0) is 6.92 Å². The second kappa shape index (κ2) is 4.20. The van der Waals surface area contributed by atoms with E-state index in [0.29, 0.717) is 23.3 Å². The Morgan fingerprint density at radius 1 is 1.60 bits per heavy atom. The van der Waals surface area contributed by atoms with Crippen molar-refractivity contribution in [1.82, 2.24) is 9.97 Å². The highest BCUT2D eigenvalue weighted by molar-refractivity contribution is 6.32. The van der Waals surface area contributed by atoms with Crippen molar-refractivity contribution >= 4 is 23.1 Å². The topological polar surface area (TPSA) is 64.3 Å². The number of rotatable bonds is 1. The van der Waals surface area contributed by atoms with E-state index in [-0.39, 0.29) is 6.10 Å². The van der Waals surface area contributed by atoms with E-state index in [4.69, 9.17) is 22.1 Å². The summed E-state index contributed by atoms with van der Waals surface area (Å²) < 4.78 is 5.44. The van der Waals surface area contributed by atoms with Crippen molar-refractivity contribution in [2.75, 3.05) is 30.3 Å². The molecule has 0 amide bonds. The van der Waals surface area contributed by atoms with E-state index in [1.54, 1.807) is 0 Å². The first-order chi connectivity index (χ1) is 7.18. The number of nitrogen functional groups attached to an aromatic ring is 1. The van der Waals surface area contributed by atoms with Gasteiger partial charge in [0.2, 0.25) is 0 Å². The number of nitrogens with two attached hydrogens (primary N) is 1. The molecule has 2 heterocycles. The summed E-state index contributed by atoms with van der Waals surface area (Å²) in [7, 11) is 0. The van der Waals surface area contributed by atoms with E-state index in [2.05, 4.69) is 14.9 Å². The highest BCUT2D eigenvalue weighted by Gasteiger charge is 2.20. The van der Waals surface area contributed by atoms with Gasteiger partial charge in [-0.25, -0.2) is 9.97 Å². The van der Waals surface area contributed by atoms with E-state index < -0.39 is 0 Å². The molecule has 1 aromatic rings.